The first-order valence-corrected chi connectivity index (χ1v) is 5.55. The second-order valence-electron chi connectivity index (χ2n) is 4.37. The van der Waals surface area contributed by atoms with Gasteiger partial charge >= 0.3 is 18.1 Å². The Morgan fingerprint density at radius 3 is 1.33 bits per heavy atom. The van der Waals surface area contributed by atoms with E-state index in [1.807, 2.05) is 0 Å². The zero-order valence-corrected chi connectivity index (χ0v) is 11.2. The first-order chi connectivity index (χ1) is 9.23. The largest absolute Gasteiger partial charge is 0.479 e. The summed E-state index contributed by atoms with van der Waals surface area (Å²) in [7, 11) is 0. The molecule has 0 aromatic carbocycles. The van der Waals surface area contributed by atoms with Gasteiger partial charge in [0, 0.05) is 6.04 Å². The van der Waals surface area contributed by atoms with Crippen molar-refractivity contribution in [2.24, 2.45) is 11.7 Å². The van der Waals surface area contributed by atoms with E-state index < -0.39 is 42.5 Å². The smallest absolute Gasteiger partial charge is 0.415 e. The minimum atomic E-state index is -4.61. The van der Waals surface area contributed by atoms with Crippen LogP contribution in [0.15, 0.2) is 0 Å². The van der Waals surface area contributed by atoms with E-state index in [9.17, 15) is 22.8 Å². The maximum absolute atomic E-state index is 11.7. The number of aliphatic hydroxyl groups excluding tert-OH is 3. The van der Waals surface area contributed by atoms with Crippen molar-refractivity contribution in [3.05, 3.63) is 0 Å². The summed E-state index contributed by atoms with van der Waals surface area (Å²) in [6.45, 7) is 3.05. The van der Waals surface area contributed by atoms with Crippen LogP contribution in [0.4, 0.5) is 13.2 Å². The van der Waals surface area contributed by atoms with Gasteiger partial charge in [-0.15, -0.1) is 0 Å². The first-order valence-electron chi connectivity index (χ1n) is 5.55. The monoisotopic (exact) mass is 321 g/mol. The number of carboxylic acids is 2. The molecular weight excluding hydrogens is 303 g/mol. The van der Waals surface area contributed by atoms with E-state index in [1.54, 1.807) is 0 Å². The van der Waals surface area contributed by atoms with E-state index in [-0.39, 0.29) is 5.92 Å². The molecule has 0 aromatic heterocycles. The number of hydrogen-bond acceptors (Lipinski definition) is 6. The van der Waals surface area contributed by atoms with Gasteiger partial charge < -0.3 is 31.3 Å². The van der Waals surface area contributed by atoms with E-state index >= 15 is 0 Å². The van der Waals surface area contributed by atoms with Gasteiger partial charge in [0.05, 0.1) is 0 Å². The van der Waals surface area contributed by atoms with Crippen molar-refractivity contribution < 1.29 is 48.3 Å². The average molecular weight is 321 g/mol. The quantitative estimate of drug-likeness (QED) is 0.367. The Bertz CT molecular complexity index is 330. The first kappa shape index (κ1) is 21.9. The van der Waals surface area contributed by atoms with E-state index in [1.165, 1.54) is 13.8 Å². The van der Waals surface area contributed by atoms with Crippen molar-refractivity contribution in [3.63, 3.8) is 0 Å². The Labute approximate surface area is 117 Å². The number of aliphatic hydroxyl groups is 3. The zero-order chi connectivity index (χ0) is 17.5. The lowest BCUT2D eigenvalue weighted by Crippen LogP contribution is -2.47. The second kappa shape index (κ2) is 8.77. The summed E-state index contributed by atoms with van der Waals surface area (Å²) in [4.78, 5) is 19.5. The minimum Gasteiger partial charge on any atom is -0.479 e. The standard InChI is InChI=1S/C6H12F3NO.C4H6O6/c1-3(2)4(10)5(11)6(7,8)9;5-1(3(7)8)2(6)4(9)10/h3-5,11H,10H2,1-2H3;1-2,5-6H,(H,7,8)(H,9,10)/t4-,5+;/m0./s1. The van der Waals surface area contributed by atoms with Crippen molar-refractivity contribution >= 4 is 11.9 Å². The molecule has 126 valence electrons. The van der Waals surface area contributed by atoms with Gasteiger partial charge in [0.25, 0.3) is 0 Å². The van der Waals surface area contributed by atoms with Gasteiger partial charge in [0.1, 0.15) is 0 Å². The van der Waals surface area contributed by atoms with Crippen LogP contribution >= 0.6 is 0 Å². The van der Waals surface area contributed by atoms with Gasteiger partial charge in [0.2, 0.25) is 0 Å². The molecule has 0 saturated heterocycles. The summed E-state index contributed by atoms with van der Waals surface area (Å²) in [5, 5.41) is 41.1. The molecule has 4 atom stereocenters. The molecule has 0 rings (SSSR count). The Balaban J connectivity index is 0. The highest BCUT2D eigenvalue weighted by Crippen LogP contribution is 2.23. The van der Waals surface area contributed by atoms with E-state index in [4.69, 9.17) is 31.3 Å². The number of halogens is 3. The van der Waals surface area contributed by atoms with Crippen LogP contribution < -0.4 is 5.73 Å². The fraction of sp³-hybridized carbons (Fsp3) is 0.800. The maximum atomic E-state index is 11.7. The number of nitrogens with two attached hydrogens (primary N) is 1. The fourth-order valence-electron chi connectivity index (χ4n) is 0.853. The van der Waals surface area contributed by atoms with Crippen LogP contribution in [-0.2, 0) is 9.59 Å². The molecule has 0 fully saturated rings. The predicted molar refractivity (Wildman–Crippen MR) is 62.2 cm³/mol. The Hall–Kier alpha value is -1.43. The lowest BCUT2D eigenvalue weighted by Gasteiger charge is -2.23. The van der Waals surface area contributed by atoms with Crippen LogP contribution in [0.2, 0.25) is 0 Å². The summed E-state index contributed by atoms with van der Waals surface area (Å²) < 4.78 is 35.2. The third-order valence-corrected chi connectivity index (χ3v) is 2.27. The van der Waals surface area contributed by atoms with E-state index in [0.717, 1.165) is 0 Å². The summed E-state index contributed by atoms with van der Waals surface area (Å²) in [5.74, 6) is -3.92. The highest BCUT2D eigenvalue weighted by molar-refractivity contribution is 5.83. The van der Waals surface area contributed by atoms with Crippen LogP contribution in [-0.4, -0.2) is 68.0 Å². The molecule has 0 heterocycles. The van der Waals surface area contributed by atoms with Crippen LogP contribution in [0, 0.1) is 5.92 Å². The number of alkyl halides is 3. The number of hydrogen-bond donors (Lipinski definition) is 6. The summed E-state index contributed by atoms with van der Waals surface area (Å²) in [6, 6.07) is -1.24. The number of rotatable bonds is 5. The molecule has 0 saturated carbocycles. The van der Waals surface area contributed by atoms with Crippen molar-refractivity contribution in [1.29, 1.82) is 0 Å². The normalized spacial score (nSPS) is 17.2. The molecule has 0 amide bonds. The molecule has 8 nitrogen and oxygen atoms in total. The molecule has 0 bridgehead atoms. The fourth-order valence-corrected chi connectivity index (χ4v) is 0.853. The highest BCUT2D eigenvalue weighted by Gasteiger charge is 2.42. The number of carbonyl (C=O) groups is 2. The van der Waals surface area contributed by atoms with Crippen LogP contribution in [0.5, 0.6) is 0 Å². The topological polar surface area (TPSA) is 161 Å². The lowest BCUT2D eigenvalue weighted by molar-refractivity contribution is -0.212. The van der Waals surface area contributed by atoms with E-state index in [2.05, 4.69) is 0 Å². The SMILES string of the molecule is CC(C)[C@H](N)[C@@H](O)C(F)(F)F.O=C(O)C(O)C(O)C(=O)O. The van der Waals surface area contributed by atoms with Gasteiger partial charge in [-0.3, -0.25) is 0 Å². The van der Waals surface area contributed by atoms with Crippen LogP contribution in [0.3, 0.4) is 0 Å². The number of carboxylic acid groups (broad SMARTS) is 2. The molecule has 2 unspecified atom stereocenters. The lowest BCUT2D eigenvalue weighted by atomic mass is 9.99. The molecule has 7 N–H and O–H groups in total. The molecule has 0 spiro atoms. The molecule has 0 aliphatic rings. The van der Waals surface area contributed by atoms with Gasteiger partial charge in [-0.05, 0) is 5.92 Å². The third kappa shape index (κ3) is 8.45. The van der Waals surface area contributed by atoms with Gasteiger partial charge in [-0.1, -0.05) is 13.8 Å². The van der Waals surface area contributed by atoms with Crippen molar-refractivity contribution in [1.82, 2.24) is 0 Å². The van der Waals surface area contributed by atoms with E-state index in [0.29, 0.717) is 0 Å². The minimum absolute atomic E-state index is 0.383. The average Bonchev–Trinajstić information content (AvgIpc) is 2.34. The maximum Gasteiger partial charge on any atom is 0.415 e. The molecule has 0 aliphatic carbocycles. The summed E-state index contributed by atoms with van der Waals surface area (Å²) >= 11 is 0. The summed E-state index contributed by atoms with van der Waals surface area (Å²) in [6.07, 6.45) is -11.6. The third-order valence-electron chi connectivity index (χ3n) is 2.27. The van der Waals surface area contributed by atoms with Gasteiger partial charge in [-0.25, -0.2) is 9.59 Å². The van der Waals surface area contributed by atoms with Crippen molar-refractivity contribution in [2.75, 3.05) is 0 Å². The molecule has 0 aliphatic heterocycles. The molecule has 0 aromatic rings. The molecular formula is C10H18F3NO7. The van der Waals surface area contributed by atoms with Crippen LogP contribution in [0.1, 0.15) is 13.8 Å². The van der Waals surface area contributed by atoms with Crippen molar-refractivity contribution in [2.45, 2.75) is 44.4 Å². The van der Waals surface area contributed by atoms with Gasteiger partial charge in [-0.2, -0.15) is 13.2 Å². The molecule has 0 radical (unpaired) electrons. The molecule has 21 heavy (non-hydrogen) atoms. The Kier molecular flexibility index (Phi) is 9.13. The van der Waals surface area contributed by atoms with Crippen LogP contribution in [0.25, 0.3) is 0 Å². The Morgan fingerprint density at radius 1 is 0.952 bits per heavy atom. The van der Waals surface area contributed by atoms with Gasteiger partial charge in [0.15, 0.2) is 18.3 Å². The molecule has 11 heteroatoms. The highest BCUT2D eigenvalue weighted by atomic mass is 19.4. The zero-order valence-electron chi connectivity index (χ0n) is 11.2. The number of aliphatic carboxylic acids is 2. The predicted octanol–water partition coefficient (Wildman–Crippen LogP) is -1.23. The Morgan fingerprint density at radius 2 is 1.24 bits per heavy atom. The summed E-state index contributed by atoms with van der Waals surface area (Å²) in [5.41, 5.74) is 5.08. The second-order valence-corrected chi connectivity index (χ2v) is 4.37. The van der Waals surface area contributed by atoms with Crippen molar-refractivity contribution in [3.8, 4) is 0 Å².